The van der Waals surface area contributed by atoms with E-state index in [0.29, 0.717) is 36.0 Å². The van der Waals surface area contributed by atoms with Crippen molar-refractivity contribution in [3.05, 3.63) is 42.2 Å². The van der Waals surface area contributed by atoms with Crippen LogP contribution in [0, 0.1) is 11.6 Å². The predicted octanol–water partition coefficient (Wildman–Crippen LogP) is 3.87. The third kappa shape index (κ3) is 3.82. The average Bonchev–Trinajstić information content (AvgIpc) is 3.59. The van der Waals surface area contributed by atoms with Gasteiger partial charge in [0, 0.05) is 25.2 Å². The third-order valence-electron chi connectivity index (χ3n) is 6.69. The molecule has 5 heterocycles. The first kappa shape index (κ1) is 20.5. The number of nitrogens with one attached hydrogen (secondary N) is 2. The molecule has 4 aliphatic rings. The van der Waals surface area contributed by atoms with Crippen molar-refractivity contribution in [3.8, 4) is 5.75 Å². The molecule has 0 unspecified atom stereocenters. The summed E-state index contributed by atoms with van der Waals surface area (Å²) in [6, 6.07) is 7.24. The number of rotatable bonds is 6. The second-order valence-electron chi connectivity index (χ2n) is 9.05. The van der Waals surface area contributed by atoms with Crippen molar-refractivity contribution in [2.75, 3.05) is 29.9 Å². The molecule has 7 nitrogen and oxygen atoms in total. The molecule has 3 saturated heterocycles. The van der Waals surface area contributed by atoms with Crippen LogP contribution in [0.15, 0.2) is 30.6 Å². The highest BCUT2D eigenvalue weighted by Crippen LogP contribution is 2.40. The van der Waals surface area contributed by atoms with Crippen molar-refractivity contribution in [2.45, 2.75) is 43.4 Å². The number of ether oxygens (including phenoxy) is 1. The average molecular weight is 456 g/mol. The van der Waals surface area contributed by atoms with E-state index in [1.807, 2.05) is 12.1 Å². The molecule has 1 aliphatic carbocycles. The van der Waals surface area contributed by atoms with Crippen LogP contribution in [0.1, 0.15) is 25.7 Å². The highest BCUT2D eigenvalue weighted by atomic mass is 19.2. The summed E-state index contributed by atoms with van der Waals surface area (Å²) in [4.78, 5) is 15.5. The van der Waals surface area contributed by atoms with Gasteiger partial charge in [-0.15, -0.1) is 0 Å². The van der Waals surface area contributed by atoms with Crippen LogP contribution in [0.2, 0.25) is 0 Å². The van der Waals surface area contributed by atoms with Gasteiger partial charge in [0.1, 0.15) is 29.9 Å². The topological polar surface area (TPSA) is 75.2 Å². The number of halogens is 3. The van der Waals surface area contributed by atoms with Crippen molar-refractivity contribution in [1.29, 1.82) is 0 Å². The number of alkyl halides is 1. The van der Waals surface area contributed by atoms with E-state index in [1.165, 1.54) is 18.5 Å². The maximum Gasteiger partial charge on any atom is 0.202 e. The fourth-order valence-electron chi connectivity index (χ4n) is 4.53. The van der Waals surface area contributed by atoms with Gasteiger partial charge < -0.3 is 20.3 Å². The smallest absolute Gasteiger partial charge is 0.202 e. The molecule has 3 aromatic rings. The summed E-state index contributed by atoms with van der Waals surface area (Å²) in [5.41, 5.74) is -0.477. The monoisotopic (exact) mass is 456 g/mol. The summed E-state index contributed by atoms with van der Waals surface area (Å²) >= 11 is 0. The summed E-state index contributed by atoms with van der Waals surface area (Å²) in [5.74, 6) is -1.53. The van der Waals surface area contributed by atoms with Crippen LogP contribution < -0.4 is 20.3 Å². The zero-order valence-corrected chi connectivity index (χ0v) is 17.8. The van der Waals surface area contributed by atoms with Crippen molar-refractivity contribution in [2.24, 2.45) is 0 Å². The second-order valence-corrected chi connectivity index (χ2v) is 9.05. The predicted molar refractivity (Wildman–Crippen MR) is 118 cm³/mol. The number of pyridine rings is 1. The van der Waals surface area contributed by atoms with Crippen LogP contribution >= 0.6 is 0 Å². The van der Waals surface area contributed by atoms with Crippen molar-refractivity contribution < 1.29 is 17.9 Å². The van der Waals surface area contributed by atoms with Gasteiger partial charge in [-0.3, -0.25) is 0 Å². The first-order valence-corrected chi connectivity index (χ1v) is 11.2. The van der Waals surface area contributed by atoms with Crippen LogP contribution in [0.3, 0.4) is 0 Å². The Morgan fingerprint density at radius 1 is 1.12 bits per heavy atom. The molecule has 1 saturated carbocycles. The van der Waals surface area contributed by atoms with Crippen molar-refractivity contribution >= 4 is 28.4 Å². The van der Waals surface area contributed by atoms with Gasteiger partial charge in [0.05, 0.1) is 11.2 Å². The molecule has 0 amide bonds. The van der Waals surface area contributed by atoms with E-state index in [0.717, 1.165) is 31.7 Å². The van der Waals surface area contributed by atoms with Gasteiger partial charge in [0.25, 0.3) is 0 Å². The lowest BCUT2D eigenvalue weighted by molar-refractivity contribution is 0.171. The maximum absolute atomic E-state index is 14.8. The number of piperazine rings is 1. The minimum Gasteiger partial charge on any atom is -0.487 e. The number of anilines is 3. The normalized spacial score (nSPS) is 23.1. The number of hydrogen-bond donors (Lipinski definition) is 2. The van der Waals surface area contributed by atoms with Crippen LogP contribution in [-0.2, 0) is 0 Å². The Morgan fingerprint density at radius 2 is 2.00 bits per heavy atom. The molecule has 2 atom stereocenters. The highest BCUT2D eigenvalue weighted by molar-refractivity contribution is 5.88. The number of aromatic nitrogens is 3. The Labute approximate surface area is 188 Å². The maximum atomic E-state index is 14.8. The molecule has 2 bridgehead atoms. The molecule has 1 aromatic carbocycles. The van der Waals surface area contributed by atoms with Crippen LogP contribution in [-0.4, -0.2) is 52.4 Å². The molecule has 2 aromatic heterocycles. The minimum absolute atomic E-state index is 0.116. The summed E-state index contributed by atoms with van der Waals surface area (Å²) in [5, 5.41) is 6.36. The van der Waals surface area contributed by atoms with Crippen molar-refractivity contribution in [1.82, 2.24) is 20.3 Å². The van der Waals surface area contributed by atoms with Crippen LogP contribution in [0.4, 0.5) is 30.5 Å². The summed E-state index contributed by atoms with van der Waals surface area (Å²) in [6.45, 7) is 1.51. The van der Waals surface area contributed by atoms with Gasteiger partial charge in [-0.2, -0.15) is 4.39 Å². The molecular weight excluding hydrogens is 433 g/mol. The number of benzene rings is 1. The fraction of sp³-hybridized carbons (Fsp3) is 0.435. The Hall–Kier alpha value is -3.14. The molecule has 7 rings (SSSR count). The highest BCUT2D eigenvalue weighted by Gasteiger charge is 2.44. The van der Waals surface area contributed by atoms with Gasteiger partial charge in [0.15, 0.2) is 17.4 Å². The Morgan fingerprint density at radius 3 is 2.73 bits per heavy atom. The molecule has 2 N–H and O–H groups in total. The van der Waals surface area contributed by atoms with E-state index in [-0.39, 0.29) is 23.9 Å². The quantitative estimate of drug-likeness (QED) is 0.583. The van der Waals surface area contributed by atoms with Crippen LogP contribution in [0.25, 0.3) is 11.0 Å². The number of piperidine rings is 2. The molecule has 172 valence electrons. The molecule has 4 fully saturated rings. The lowest BCUT2D eigenvalue weighted by Gasteiger charge is -2.46. The first-order valence-electron chi connectivity index (χ1n) is 11.2. The van der Waals surface area contributed by atoms with Gasteiger partial charge in [-0.05, 0) is 49.9 Å². The second kappa shape index (κ2) is 7.72. The van der Waals surface area contributed by atoms with E-state index in [9.17, 15) is 13.2 Å². The molecular formula is C23H23F3N6O. The van der Waals surface area contributed by atoms with E-state index < -0.39 is 17.3 Å². The zero-order chi connectivity index (χ0) is 22.6. The summed E-state index contributed by atoms with van der Waals surface area (Å²) in [7, 11) is 0. The molecule has 10 heteroatoms. The molecule has 33 heavy (non-hydrogen) atoms. The Balaban J connectivity index is 1.29. The molecule has 0 spiro atoms. The van der Waals surface area contributed by atoms with E-state index >= 15 is 0 Å². The van der Waals surface area contributed by atoms with Crippen LogP contribution in [0.5, 0.6) is 5.75 Å². The Bertz CT molecular complexity index is 1210. The molecule has 3 aliphatic heterocycles. The molecule has 0 radical (unpaired) electrons. The number of nitrogens with zero attached hydrogens (tertiary/aromatic N) is 4. The number of hydrogen-bond acceptors (Lipinski definition) is 7. The van der Waals surface area contributed by atoms with Gasteiger partial charge in [-0.1, -0.05) is 0 Å². The van der Waals surface area contributed by atoms with Gasteiger partial charge in [-0.25, -0.2) is 23.7 Å². The minimum atomic E-state index is -1.42. The first-order chi connectivity index (χ1) is 16.0. The van der Waals surface area contributed by atoms with Gasteiger partial charge >= 0.3 is 0 Å². The van der Waals surface area contributed by atoms with E-state index in [4.69, 9.17) is 9.72 Å². The van der Waals surface area contributed by atoms with Crippen molar-refractivity contribution in [3.63, 3.8) is 0 Å². The third-order valence-corrected chi connectivity index (χ3v) is 6.69. The van der Waals surface area contributed by atoms with E-state index in [1.54, 1.807) is 0 Å². The SMILES string of the molecule is Fc1c(Nc2ncnc3ccc(N4C[C@@H]5CC[C@H]4CN5)nc23)ccc(OCC2(F)CC2)c1F. The standard InChI is InChI=1S/C23H23F3N6O/c24-19-15(3-5-17(20(19)25)33-11-23(26)7-8-23)30-22-21-16(28-12-29-22)4-6-18(31-21)32-10-13-1-2-14(32)9-27-13/h3-6,12-14,27H,1-2,7-11H2,(H,28,29,30)/t13-,14-/m0/s1. The summed E-state index contributed by atoms with van der Waals surface area (Å²) in [6.07, 6.45) is 4.36. The summed E-state index contributed by atoms with van der Waals surface area (Å²) < 4.78 is 48.2. The fourth-order valence-corrected chi connectivity index (χ4v) is 4.53. The largest absolute Gasteiger partial charge is 0.487 e. The lowest BCUT2D eigenvalue weighted by atomic mass is 9.93. The Kier molecular flexibility index (Phi) is 4.79. The van der Waals surface area contributed by atoms with E-state index in [2.05, 4.69) is 25.5 Å². The zero-order valence-electron chi connectivity index (χ0n) is 17.8. The van der Waals surface area contributed by atoms with Gasteiger partial charge in [0.2, 0.25) is 5.82 Å². The number of fused-ring (bicyclic) bond motifs is 4. The lowest BCUT2D eigenvalue weighted by Crippen LogP contribution is -2.61.